The first kappa shape index (κ1) is 14.0. The van der Waals surface area contributed by atoms with Gasteiger partial charge in [-0.2, -0.15) is 0 Å². The first-order valence-corrected chi connectivity index (χ1v) is 7.89. The van der Waals surface area contributed by atoms with Crippen LogP contribution in [0.3, 0.4) is 0 Å². The van der Waals surface area contributed by atoms with Crippen LogP contribution in [0.4, 0.5) is 5.69 Å². The highest BCUT2D eigenvalue weighted by Gasteiger charge is 2.07. The molecule has 0 aliphatic carbocycles. The molecular weight excluding hydrogens is 304 g/mol. The second kappa shape index (κ2) is 5.56. The van der Waals surface area contributed by atoms with Crippen molar-refractivity contribution in [2.24, 2.45) is 12.0 Å². The molecular formula is C20H15ClN2. The van der Waals surface area contributed by atoms with Gasteiger partial charge in [0.15, 0.2) is 0 Å². The average molecular weight is 319 g/mol. The van der Waals surface area contributed by atoms with Crippen LogP contribution in [0.25, 0.3) is 21.8 Å². The molecule has 0 fully saturated rings. The lowest BCUT2D eigenvalue weighted by molar-refractivity contribution is 1.00. The largest absolute Gasteiger partial charge is 0.344 e. The maximum Gasteiger partial charge on any atom is 0.0824 e. The Balaban J connectivity index is 2.24. The molecule has 2 nitrogen and oxygen atoms in total. The summed E-state index contributed by atoms with van der Waals surface area (Å²) in [5.41, 5.74) is 3.09. The molecule has 3 heteroatoms. The molecule has 112 valence electrons. The number of para-hydroxylation sites is 3. The molecule has 23 heavy (non-hydrogen) atoms. The van der Waals surface area contributed by atoms with E-state index in [0.29, 0.717) is 5.02 Å². The summed E-state index contributed by atoms with van der Waals surface area (Å²) in [6.07, 6.45) is 0. The van der Waals surface area contributed by atoms with Crippen molar-refractivity contribution in [3.8, 4) is 0 Å². The number of halogens is 1. The Bertz CT molecular complexity index is 1030. The minimum Gasteiger partial charge on any atom is -0.344 e. The Labute approximate surface area is 139 Å². The summed E-state index contributed by atoms with van der Waals surface area (Å²) < 4.78 is 2.20. The average Bonchev–Trinajstić information content (AvgIpc) is 2.60. The van der Waals surface area contributed by atoms with Crippen molar-refractivity contribution in [3.05, 3.63) is 83.2 Å². The summed E-state index contributed by atoms with van der Waals surface area (Å²) in [5.74, 6) is 0. The SMILES string of the molecule is Cn1c2ccccc2c(=Nc2ccccc2Cl)c2ccccc21. The van der Waals surface area contributed by atoms with E-state index < -0.39 is 0 Å². The number of hydrogen-bond acceptors (Lipinski definition) is 1. The van der Waals surface area contributed by atoms with Gasteiger partial charge in [0.2, 0.25) is 0 Å². The van der Waals surface area contributed by atoms with Gasteiger partial charge in [-0.1, -0.05) is 60.1 Å². The standard InChI is InChI=1S/C20H15ClN2/c1-23-18-12-6-2-8-14(18)20(15-9-3-7-13-19(15)23)22-17-11-5-4-10-16(17)21/h2-13H,1H3. The summed E-state index contributed by atoms with van der Waals surface area (Å²) in [4.78, 5) is 4.89. The normalized spacial score (nSPS) is 11.0. The molecule has 0 unspecified atom stereocenters. The number of aryl methyl sites for hydroxylation is 1. The van der Waals surface area contributed by atoms with E-state index in [-0.39, 0.29) is 0 Å². The Morgan fingerprint density at radius 2 is 1.26 bits per heavy atom. The van der Waals surface area contributed by atoms with Gasteiger partial charge < -0.3 is 4.57 Å². The van der Waals surface area contributed by atoms with E-state index in [1.807, 2.05) is 36.4 Å². The molecule has 0 bridgehead atoms. The van der Waals surface area contributed by atoms with Gasteiger partial charge in [-0.25, -0.2) is 4.99 Å². The van der Waals surface area contributed by atoms with Crippen LogP contribution in [0.15, 0.2) is 77.8 Å². The molecule has 0 radical (unpaired) electrons. The lowest BCUT2D eigenvalue weighted by Gasteiger charge is -2.12. The summed E-state index contributed by atoms with van der Waals surface area (Å²) in [6, 6.07) is 24.3. The Morgan fingerprint density at radius 3 is 1.87 bits per heavy atom. The maximum absolute atomic E-state index is 6.31. The van der Waals surface area contributed by atoms with Gasteiger partial charge in [-0.3, -0.25) is 0 Å². The fourth-order valence-corrected chi connectivity index (χ4v) is 3.17. The van der Waals surface area contributed by atoms with Crippen molar-refractivity contribution >= 4 is 39.1 Å². The number of hydrogen-bond donors (Lipinski definition) is 0. The van der Waals surface area contributed by atoms with Crippen LogP contribution in [0.2, 0.25) is 5.02 Å². The van der Waals surface area contributed by atoms with Gasteiger partial charge in [-0.15, -0.1) is 0 Å². The Kier molecular flexibility index (Phi) is 3.40. The second-order valence-electron chi connectivity index (χ2n) is 5.51. The van der Waals surface area contributed by atoms with Crippen LogP contribution >= 0.6 is 11.6 Å². The minimum absolute atomic E-state index is 0.661. The van der Waals surface area contributed by atoms with Gasteiger partial charge in [0, 0.05) is 17.8 Å². The number of pyridine rings is 1. The fourth-order valence-electron chi connectivity index (χ4n) is 2.99. The predicted octanol–water partition coefficient (Wildman–Crippen LogP) is 5.22. The minimum atomic E-state index is 0.661. The van der Waals surface area contributed by atoms with Crippen LogP contribution in [-0.4, -0.2) is 4.57 Å². The quantitative estimate of drug-likeness (QED) is 0.428. The van der Waals surface area contributed by atoms with Crippen molar-refractivity contribution in [2.45, 2.75) is 0 Å². The van der Waals surface area contributed by atoms with Crippen molar-refractivity contribution in [1.29, 1.82) is 0 Å². The third-order valence-corrected chi connectivity index (χ3v) is 4.45. The molecule has 0 atom stereocenters. The van der Waals surface area contributed by atoms with Crippen LogP contribution < -0.4 is 5.36 Å². The van der Waals surface area contributed by atoms with Gasteiger partial charge in [-0.05, 0) is 24.3 Å². The van der Waals surface area contributed by atoms with Crippen LogP contribution in [0.1, 0.15) is 0 Å². The summed E-state index contributed by atoms with van der Waals surface area (Å²) in [7, 11) is 2.09. The molecule has 4 aromatic rings. The topological polar surface area (TPSA) is 17.3 Å². The highest BCUT2D eigenvalue weighted by atomic mass is 35.5. The zero-order valence-corrected chi connectivity index (χ0v) is 13.5. The first-order valence-electron chi connectivity index (χ1n) is 7.51. The van der Waals surface area contributed by atoms with E-state index >= 15 is 0 Å². The molecule has 0 aliphatic rings. The highest BCUT2D eigenvalue weighted by Crippen LogP contribution is 2.25. The lowest BCUT2D eigenvalue weighted by atomic mass is 10.1. The maximum atomic E-state index is 6.31. The number of rotatable bonds is 1. The molecule has 0 saturated heterocycles. The molecule has 4 rings (SSSR count). The Morgan fingerprint density at radius 1 is 0.739 bits per heavy atom. The molecule has 1 aromatic heterocycles. The van der Waals surface area contributed by atoms with E-state index in [1.165, 1.54) is 0 Å². The van der Waals surface area contributed by atoms with E-state index in [4.69, 9.17) is 16.6 Å². The van der Waals surface area contributed by atoms with Gasteiger partial charge in [0.1, 0.15) is 0 Å². The summed E-state index contributed by atoms with van der Waals surface area (Å²) in [5, 5.41) is 3.86. The van der Waals surface area contributed by atoms with Crippen LogP contribution in [0.5, 0.6) is 0 Å². The van der Waals surface area contributed by atoms with E-state index in [2.05, 4.69) is 48.0 Å². The third kappa shape index (κ3) is 2.32. The van der Waals surface area contributed by atoms with Gasteiger partial charge in [0.25, 0.3) is 0 Å². The monoisotopic (exact) mass is 318 g/mol. The van der Waals surface area contributed by atoms with Crippen LogP contribution in [-0.2, 0) is 7.05 Å². The number of aromatic nitrogens is 1. The number of nitrogens with zero attached hydrogens (tertiary/aromatic N) is 2. The summed E-state index contributed by atoms with van der Waals surface area (Å²) in [6.45, 7) is 0. The molecule has 1 heterocycles. The molecule has 3 aromatic carbocycles. The molecule has 0 amide bonds. The van der Waals surface area contributed by atoms with Crippen molar-refractivity contribution in [2.75, 3.05) is 0 Å². The van der Waals surface area contributed by atoms with E-state index in [1.54, 1.807) is 0 Å². The molecule has 0 aliphatic heterocycles. The van der Waals surface area contributed by atoms with Gasteiger partial charge >= 0.3 is 0 Å². The first-order chi connectivity index (χ1) is 11.3. The van der Waals surface area contributed by atoms with E-state index in [0.717, 1.165) is 32.9 Å². The van der Waals surface area contributed by atoms with Crippen molar-refractivity contribution in [3.63, 3.8) is 0 Å². The zero-order valence-electron chi connectivity index (χ0n) is 12.7. The second-order valence-corrected chi connectivity index (χ2v) is 5.91. The predicted molar refractivity (Wildman–Crippen MR) is 97.1 cm³/mol. The highest BCUT2D eigenvalue weighted by molar-refractivity contribution is 6.32. The molecule has 0 N–H and O–H groups in total. The lowest BCUT2D eigenvalue weighted by Crippen LogP contribution is -2.10. The zero-order chi connectivity index (χ0) is 15.8. The van der Waals surface area contributed by atoms with Crippen molar-refractivity contribution < 1.29 is 0 Å². The number of fused-ring (bicyclic) bond motifs is 2. The fraction of sp³-hybridized carbons (Fsp3) is 0.0500. The third-order valence-electron chi connectivity index (χ3n) is 4.13. The van der Waals surface area contributed by atoms with Crippen molar-refractivity contribution in [1.82, 2.24) is 4.57 Å². The Hall–Kier alpha value is -2.58. The van der Waals surface area contributed by atoms with E-state index in [9.17, 15) is 0 Å². The van der Waals surface area contributed by atoms with Gasteiger partial charge in [0.05, 0.1) is 27.1 Å². The van der Waals surface area contributed by atoms with Crippen LogP contribution in [0, 0.1) is 0 Å². The smallest absolute Gasteiger partial charge is 0.0824 e. The molecule has 0 spiro atoms. The summed E-state index contributed by atoms with van der Waals surface area (Å²) >= 11 is 6.31. The number of benzene rings is 3. The molecule has 0 saturated carbocycles.